The SMILES string of the molecule is O=C(CS[C@H]1CCS(=O)(=O)C1)Nc1ccccc1Nc1ccccc1. The summed E-state index contributed by atoms with van der Waals surface area (Å²) in [6, 6.07) is 17.2. The van der Waals surface area contributed by atoms with Gasteiger partial charge >= 0.3 is 0 Å². The second-order valence-corrected chi connectivity index (χ2v) is 9.44. The van der Waals surface area contributed by atoms with Gasteiger partial charge in [-0.3, -0.25) is 4.79 Å². The van der Waals surface area contributed by atoms with Crippen LogP contribution in [0, 0.1) is 0 Å². The molecule has 5 nitrogen and oxygen atoms in total. The molecule has 1 aliphatic heterocycles. The average Bonchev–Trinajstić information content (AvgIpc) is 2.95. The summed E-state index contributed by atoms with van der Waals surface area (Å²) in [5.41, 5.74) is 2.46. The van der Waals surface area contributed by atoms with Crippen molar-refractivity contribution in [2.45, 2.75) is 11.7 Å². The zero-order valence-electron chi connectivity index (χ0n) is 13.6. The number of anilines is 3. The number of carbonyl (C=O) groups is 1. The second-order valence-electron chi connectivity index (χ2n) is 5.92. The molecule has 2 aromatic rings. The second kappa shape index (κ2) is 7.93. The van der Waals surface area contributed by atoms with Crippen LogP contribution >= 0.6 is 11.8 Å². The van der Waals surface area contributed by atoms with E-state index in [2.05, 4.69) is 10.6 Å². The Morgan fingerprint density at radius 1 is 1.04 bits per heavy atom. The van der Waals surface area contributed by atoms with Crippen LogP contribution in [-0.4, -0.2) is 36.8 Å². The van der Waals surface area contributed by atoms with Crippen molar-refractivity contribution >= 4 is 44.6 Å². The van der Waals surface area contributed by atoms with E-state index in [1.54, 1.807) is 0 Å². The van der Waals surface area contributed by atoms with E-state index in [-0.39, 0.29) is 28.4 Å². The van der Waals surface area contributed by atoms with Gasteiger partial charge in [0.05, 0.1) is 28.6 Å². The van der Waals surface area contributed by atoms with Crippen LogP contribution in [0.3, 0.4) is 0 Å². The van der Waals surface area contributed by atoms with Gasteiger partial charge in [-0.2, -0.15) is 0 Å². The van der Waals surface area contributed by atoms with Crippen molar-refractivity contribution in [1.82, 2.24) is 0 Å². The van der Waals surface area contributed by atoms with Gasteiger partial charge in [-0.1, -0.05) is 30.3 Å². The zero-order valence-corrected chi connectivity index (χ0v) is 15.3. The Kier molecular flexibility index (Phi) is 5.65. The molecule has 1 saturated heterocycles. The molecule has 1 heterocycles. The van der Waals surface area contributed by atoms with Crippen LogP contribution in [-0.2, 0) is 14.6 Å². The Hall–Kier alpha value is -1.99. The van der Waals surface area contributed by atoms with E-state index in [1.807, 2.05) is 54.6 Å². The highest BCUT2D eigenvalue weighted by Gasteiger charge is 2.28. The Morgan fingerprint density at radius 2 is 1.72 bits per heavy atom. The number of benzene rings is 2. The lowest BCUT2D eigenvalue weighted by Gasteiger charge is -2.13. The summed E-state index contributed by atoms with van der Waals surface area (Å²) in [7, 11) is -2.91. The molecule has 2 aromatic carbocycles. The number of para-hydroxylation sites is 3. The number of rotatable bonds is 6. The minimum absolute atomic E-state index is 0.0217. The fourth-order valence-electron chi connectivity index (χ4n) is 2.65. The zero-order chi connectivity index (χ0) is 17.7. The molecule has 132 valence electrons. The third-order valence-corrected chi connectivity index (χ3v) is 7.18. The van der Waals surface area contributed by atoms with Crippen molar-refractivity contribution in [2.75, 3.05) is 27.9 Å². The maximum absolute atomic E-state index is 12.2. The van der Waals surface area contributed by atoms with Crippen LogP contribution in [0.1, 0.15) is 6.42 Å². The molecule has 2 N–H and O–H groups in total. The van der Waals surface area contributed by atoms with Crippen LogP contribution in [0.15, 0.2) is 54.6 Å². The highest BCUT2D eigenvalue weighted by molar-refractivity contribution is 8.02. The number of hydrogen-bond acceptors (Lipinski definition) is 5. The fraction of sp³-hybridized carbons (Fsp3) is 0.278. The summed E-state index contributed by atoms with van der Waals surface area (Å²) in [6.07, 6.45) is 0.631. The van der Waals surface area contributed by atoms with Crippen molar-refractivity contribution in [2.24, 2.45) is 0 Å². The van der Waals surface area contributed by atoms with Crippen molar-refractivity contribution in [3.63, 3.8) is 0 Å². The maximum Gasteiger partial charge on any atom is 0.234 e. The molecule has 0 bridgehead atoms. The van der Waals surface area contributed by atoms with Gasteiger partial charge in [0.2, 0.25) is 5.91 Å². The molecular weight excluding hydrogens is 356 g/mol. The first-order valence-electron chi connectivity index (χ1n) is 8.05. The number of hydrogen-bond donors (Lipinski definition) is 2. The van der Waals surface area contributed by atoms with Gasteiger partial charge in [0.15, 0.2) is 9.84 Å². The van der Waals surface area contributed by atoms with Crippen LogP contribution < -0.4 is 10.6 Å². The van der Waals surface area contributed by atoms with Crippen molar-refractivity contribution in [3.05, 3.63) is 54.6 Å². The molecule has 25 heavy (non-hydrogen) atoms. The Bertz CT molecular complexity index is 838. The predicted molar refractivity (Wildman–Crippen MR) is 104 cm³/mol. The summed E-state index contributed by atoms with van der Waals surface area (Å²) in [5, 5.41) is 6.21. The summed E-state index contributed by atoms with van der Waals surface area (Å²) >= 11 is 1.41. The third kappa shape index (κ3) is 5.24. The van der Waals surface area contributed by atoms with Crippen molar-refractivity contribution in [1.29, 1.82) is 0 Å². The lowest BCUT2D eigenvalue weighted by Crippen LogP contribution is -2.17. The molecule has 1 aliphatic rings. The first-order valence-corrected chi connectivity index (χ1v) is 10.9. The van der Waals surface area contributed by atoms with Gasteiger partial charge in [0.1, 0.15) is 0 Å². The van der Waals surface area contributed by atoms with Gasteiger partial charge in [-0.05, 0) is 30.7 Å². The molecule has 0 radical (unpaired) electrons. The first-order chi connectivity index (χ1) is 12.0. The standard InChI is InChI=1S/C18H20N2O3S2/c21-18(12-24-15-10-11-25(22,23)13-15)20-17-9-5-4-8-16(17)19-14-6-2-1-3-7-14/h1-9,15,19H,10-13H2,(H,20,21)/t15-/m0/s1. The number of thioether (sulfide) groups is 1. The molecule has 1 fully saturated rings. The van der Waals surface area contributed by atoms with E-state index in [0.29, 0.717) is 12.1 Å². The highest BCUT2D eigenvalue weighted by atomic mass is 32.2. The Morgan fingerprint density at radius 3 is 2.40 bits per heavy atom. The van der Waals surface area contributed by atoms with Gasteiger partial charge < -0.3 is 10.6 Å². The smallest absolute Gasteiger partial charge is 0.234 e. The molecule has 3 rings (SSSR count). The molecule has 1 atom stereocenters. The minimum atomic E-state index is -2.91. The molecule has 0 aliphatic carbocycles. The normalized spacial score (nSPS) is 18.6. The van der Waals surface area contributed by atoms with E-state index >= 15 is 0 Å². The van der Waals surface area contributed by atoms with Crippen molar-refractivity contribution in [3.8, 4) is 0 Å². The van der Waals surface area contributed by atoms with Crippen LogP contribution in [0.25, 0.3) is 0 Å². The van der Waals surface area contributed by atoms with E-state index in [9.17, 15) is 13.2 Å². The molecule has 0 saturated carbocycles. The van der Waals surface area contributed by atoms with Gasteiger partial charge in [0, 0.05) is 10.9 Å². The van der Waals surface area contributed by atoms with Gasteiger partial charge in [0.25, 0.3) is 0 Å². The fourth-order valence-corrected chi connectivity index (χ4v) is 6.09. The highest BCUT2D eigenvalue weighted by Crippen LogP contribution is 2.27. The lowest BCUT2D eigenvalue weighted by atomic mass is 10.2. The molecule has 1 amide bonds. The maximum atomic E-state index is 12.2. The quantitative estimate of drug-likeness (QED) is 0.809. The first kappa shape index (κ1) is 17.8. The predicted octanol–water partition coefficient (Wildman–Crippen LogP) is 3.29. The number of sulfone groups is 1. The number of amides is 1. The summed E-state index contributed by atoms with van der Waals surface area (Å²) in [6.45, 7) is 0. The minimum Gasteiger partial charge on any atom is -0.354 e. The average molecular weight is 377 g/mol. The van der Waals surface area contributed by atoms with E-state index in [4.69, 9.17) is 0 Å². The monoisotopic (exact) mass is 376 g/mol. The van der Waals surface area contributed by atoms with Crippen LogP contribution in [0.5, 0.6) is 0 Å². The van der Waals surface area contributed by atoms with E-state index < -0.39 is 9.84 Å². The third-order valence-electron chi connectivity index (χ3n) is 3.89. The molecule has 0 unspecified atom stereocenters. The topological polar surface area (TPSA) is 75.3 Å². The largest absolute Gasteiger partial charge is 0.354 e. The summed E-state index contributed by atoms with van der Waals surface area (Å²) in [5.74, 6) is 0.532. The Labute approximate surface area is 152 Å². The molecule has 7 heteroatoms. The van der Waals surface area contributed by atoms with E-state index in [0.717, 1.165) is 11.4 Å². The summed E-state index contributed by atoms with van der Waals surface area (Å²) in [4.78, 5) is 12.2. The summed E-state index contributed by atoms with van der Waals surface area (Å²) < 4.78 is 22.9. The number of nitrogens with one attached hydrogen (secondary N) is 2. The van der Waals surface area contributed by atoms with Crippen LogP contribution in [0.4, 0.5) is 17.1 Å². The van der Waals surface area contributed by atoms with Crippen LogP contribution in [0.2, 0.25) is 0 Å². The lowest BCUT2D eigenvalue weighted by molar-refractivity contribution is -0.113. The number of carbonyl (C=O) groups excluding carboxylic acids is 1. The molecule has 0 aromatic heterocycles. The Balaban J connectivity index is 1.58. The van der Waals surface area contributed by atoms with E-state index in [1.165, 1.54) is 11.8 Å². The van der Waals surface area contributed by atoms with Crippen molar-refractivity contribution < 1.29 is 13.2 Å². The molecular formula is C18H20N2O3S2. The van der Waals surface area contributed by atoms with Gasteiger partial charge in [-0.25, -0.2) is 8.42 Å². The molecule has 0 spiro atoms. The van der Waals surface area contributed by atoms with Gasteiger partial charge in [-0.15, -0.1) is 11.8 Å².